The normalized spacial score (nSPS) is 11.7. The molecule has 0 aliphatic rings. The Morgan fingerprint density at radius 3 is 2.57 bits per heavy atom. The first kappa shape index (κ1) is 19.7. The van der Waals surface area contributed by atoms with Gasteiger partial charge >= 0.3 is 11.8 Å². The zero-order valence-corrected chi connectivity index (χ0v) is 15.9. The van der Waals surface area contributed by atoms with Gasteiger partial charge < -0.3 is 20.5 Å². The number of rotatable bonds is 5. The molecule has 0 bridgehead atoms. The molecule has 2 amide bonds. The molecular formula is C21H19ClN2O4. The number of amides is 2. The number of hydrogen-bond acceptors (Lipinski definition) is 4. The van der Waals surface area contributed by atoms with E-state index in [1.54, 1.807) is 18.2 Å². The van der Waals surface area contributed by atoms with E-state index in [0.717, 1.165) is 10.8 Å². The van der Waals surface area contributed by atoms with Crippen LogP contribution in [-0.2, 0) is 9.59 Å². The van der Waals surface area contributed by atoms with E-state index in [9.17, 15) is 14.7 Å². The van der Waals surface area contributed by atoms with Crippen LogP contribution in [0.2, 0.25) is 5.02 Å². The third-order valence-electron chi connectivity index (χ3n) is 4.25. The van der Waals surface area contributed by atoms with Crippen LogP contribution in [0.5, 0.6) is 5.75 Å². The summed E-state index contributed by atoms with van der Waals surface area (Å²) in [7, 11) is 1.48. The van der Waals surface area contributed by atoms with Gasteiger partial charge in [0.1, 0.15) is 5.75 Å². The number of fused-ring (bicyclic) bond motifs is 1. The Labute approximate surface area is 167 Å². The van der Waals surface area contributed by atoms with Crippen molar-refractivity contribution >= 4 is 39.9 Å². The molecule has 7 heteroatoms. The van der Waals surface area contributed by atoms with Crippen LogP contribution >= 0.6 is 11.6 Å². The number of ether oxygens (including phenoxy) is 1. The number of aliphatic hydroxyl groups excluding tert-OH is 1. The summed E-state index contributed by atoms with van der Waals surface area (Å²) in [6.45, 7) is -0.0936. The summed E-state index contributed by atoms with van der Waals surface area (Å²) < 4.78 is 5.04. The van der Waals surface area contributed by atoms with E-state index in [1.807, 2.05) is 36.4 Å². The van der Waals surface area contributed by atoms with Gasteiger partial charge in [0, 0.05) is 12.2 Å². The lowest BCUT2D eigenvalue weighted by Crippen LogP contribution is -2.37. The number of halogens is 1. The summed E-state index contributed by atoms with van der Waals surface area (Å²) in [6.07, 6.45) is -0.946. The van der Waals surface area contributed by atoms with Crippen molar-refractivity contribution in [3.63, 3.8) is 0 Å². The molecule has 0 aromatic heterocycles. The van der Waals surface area contributed by atoms with Crippen LogP contribution in [0.4, 0.5) is 5.69 Å². The van der Waals surface area contributed by atoms with Crippen molar-refractivity contribution in [1.82, 2.24) is 5.32 Å². The molecular weight excluding hydrogens is 380 g/mol. The van der Waals surface area contributed by atoms with Crippen LogP contribution in [-0.4, -0.2) is 30.6 Å². The van der Waals surface area contributed by atoms with Gasteiger partial charge in [0.25, 0.3) is 0 Å². The van der Waals surface area contributed by atoms with E-state index >= 15 is 0 Å². The maximum atomic E-state index is 12.1. The molecule has 144 valence electrons. The second kappa shape index (κ2) is 8.73. The summed E-state index contributed by atoms with van der Waals surface area (Å²) in [6, 6.07) is 17.8. The predicted octanol–water partition coefficient (Wildman–Crippen LogP) is 3.29. The number of benzene rings is 3. The molecule has 0 heterocycles. The molecule has 3 aromatic carbocycles. The summed E-state index contributed by atoms with van der Waals surface area (Å²) in [5, 5.41) is 17.5. The average Bonchev–Trinajstić information content (AvgIpc) is 2.71. The highest BCUT2D eigenvalue weighted by molar-refractivity contribution is 6.40. The SMILES string of the molecule is COc1ccc(NC(=O)C(=O)NCC(O)c2cccc3ccccc23)cc1Cl. The number of nitrogens with one attached hydrogen (secondary N) is 2. The van der Waals surface area contributed by atoms with Gasteiger partial charge in [-0.05, 0) is 34.5 Å². The lowest BCUT2D eigenvalue weighted by atomic mass is 10.0. The maximum absolute atomic E-state index is 12.1. The van der Waals surface area contributed by atoms with Gasteiger partial charge in [-0.2, -0.15) is 0 Å². The van der Waals surface area contributed by atoms with Gasteiger partial charge in [0.05, 0.1) is 18.2 Å². The molecule has 0 aliphatic carbocycles. The van der Waals surface area contributed by atoms with Crippen molar-refractivity contribution in [1.29, 1.82) is 0 Å². The Bertz CT molecular complexity index is 1020. The molecule has 0 aliphatic heterocycles. The predicted molar refractivity (Wildman–Crippen MR) is 109 cm³/mol. The third kappa shape index (κ3) is 4.42. The fourth-order valence-electron chi connectivity index (χ4n) is 2.85. The molecule has 0 spiro atoms. The van der Waals surface area contributed by atoms with Gasteiger partial charge in [0.2, 0.25) is 0 Å². The number of carbonyl (C=O) groups is 2. The molecule has 3 aromatic rings. The quantitative estimate of drug-likeness (QED) is 0.575. The van der Waals surface area contributed by atoms with Crippen molar-refractivity contribution in [2.45, 2.75) is 6.10 Å². The largest absolute Gasteiger partial charge is 0.495 e. The van der Waals surface area contributed by atoms with Crippen molar-refractivity contribution in [3.05, 3.63) is 71.2 Å². The van der Waals surface area contributed by atoms with Crippen LogP contribution in [0.15, 0.2) is 60.7 Å². The Kier molecular flexibility index (Phi) is 6.13. The molecule has 28 heavy (non-hydrogen) atoms. The van der Waals surface area contributed by atoms with Crippen LogP contribution in [0.25, 0.3) is 10.8 Å². The van der Waals surface area contributed by atoms with Crippen LogP contribution in [0, 0.1) is 0 Å². The lowest BCUT2D eigenvalue weighted by Gasteiger charge is -2.15. The van der Waals surface area contributed by atoms with Gasteiger partial charge in [-0.3, -0.25) is 9.59 Å². The first-order valence-electron chi connectivity index (χ1n) is 8.58. The Hall–Kier alpha value is -3.09. The number of methoxy groups -OCH3 is 1. The van der Waals surface area contributed by atoms with Crippen LogP contribution in [0.3, 0.4) is 0 Å². The molecule has 3 rings (SSSR count). The van der Waals surface area contributed by atoms with Gasteiger partial charge in [0.15, 0.2) is 0 Å². The van der Waals surface area contributed by atoms with Crippen molar-refractivity contribution in [2.24, 2.45) is 0 Å². The highest BCUT2D eigenvalue weighted by Gasteiger charge is 2.17. The first-order valence-corrected chi connectivity index (χ1v) is 8.96. The first-order chi connectivity index (χ1) is 13.5. The molecule has 0 fully saturated rings. The highest BCUT2D eigenvalue weighted by Crippen LogP contribution is 2.27. The third-order valence-corrected chi connectivity index (χ3v) is 4.55. The summed E-state index contributed by atoms with van der Waals surface area (Å²) >= 11 is 6.00. The number of aliphatic hydroxyl groups is 1. The number of hydrogen-bond donors (Lipinski definition) is 3. The van der Waals surface area contributed by atoms with Gasteiger partial charge in [-0.1, -0.05) is 54.1 Å². The topological polar surface area (TPSA) is 87.7 Å². The fraction of sp³-hybridized carbons (Fsp3) is 0.143. The zero-order valence-electron chi connectivity index (χ0n) is 15.1. The minimum atomic E-state index is -0.946. The van der Waals surface area contributed by atoms with Crippen molar-refractivity contribution in [3.8, 4) is 5.75 Å². The molecule has 1 unspecified atom stereocenters. The Balaban J connectivity index is 1.61. The summed E-state index contributed by atoms with van der Waals surface area (Å²) in [4.78, 5) is 24.1. The molecule has 0 saturated carbocycles. The van der Waals surface area contributed by atoms with E-state index in [4.69, 9.17) is 16.3 Å². The number of anilines is 1. The standard InChI is InChI=1S/C21H19ClN2O4/c1-28-19-10-9-14(11-17(19)22)24-21(27)20(26)23-12-18(25)16-8-4-6-13-5-2-3-7-15(13)16/h2-11,18,25H,12H2,1H3,(H,23,26)(H,24,27). The van der Waals surface area contributed by atoms with E-state index in [-0.39, 0.29) is 6.54 Å². The Morgan fingerprint density at radius 1 is 1.07 bits per heavy atom. The summed E-state index contributed by atoms with van der Waals surface area (Å²) in [5.41, 5.74) is 1.04. The second-order valence-corrected chi connectivity index (χ2v) is 6.50. The monoisotopic (exact) mass is 398 g/mol. The smallest absolute Gasteiger partial charge is 0.313 e. The van der Waals surface area contributed by atoms with Crippen molar-refractivity contribution < 1.29 is 19.4 Å². The van der Waals surface area contributed by atoms with E-state index in [1.165, 1.54) is 13.2 Å². The van der Waals surface area contributed by atoms with Gasteiger partial charge in [-0.25, -0.2) is 0 Å². The molecule has 6 nitrogen and oxygen atoms in total. The minimum Gasteiger partial charge on any atom is -0.495 e. The van der Waals surface area contributed by atoms with E-state index < -0.39 is 17.9 Å². The maximum Gasteiger partial charge on any atom is 0.313 e. The lowest BCUT2D eigenvalue weighted by molar-refractivity contribution is -0.136. The molecule has 3 N–H and O–H groups in total. The molecule has 0 radical (unpaired) electrons. The number of carbonyl (C=O) groups excluding carboxylic acids is 2. The molecule has 0 saturated heterocycles. The summed E-state index contributed by atoms with van der Waals surface area (Å²) in [5.74, 6) is -1.25. The Morgan fingerprint density at radius 2 is 1.82 bits per heavy atom. The van der Waals surface area contributed by atoms with E-state index in [0.29, 0.717) is 22.0 Å². The van der Waals surface area contributed by atoms with E-state index in [2.05, 4.69) is 10.6 Å². The highest BCUT2D eigenvalue weighted by atomic mass is 35.5. The zero-order chi connectivity index (χ0) is 20.1. The molecule has 1 atom stereocenters. The second-order valence-electron chi connectivity index (χ2n) is 6.10. The fourth-order valence-corrected chi connectivity index (χ4v) is 3.11. The van der Waals surface area contributed by atoms with Crippen molar-refractivity contribution in [2.75, 3.05) is 19.0 Å². The average molecular weight is 399 g/mol. The minimum absolute atomic E-state index is 0.0936. The van der Waals surface area contributed by atoms with Crippen LogP contribution < -0.4 is 15.4 Å². The van der Waals surface area contributed by atoms with Gasteiger partial charge in [-0.15, -0.1) is 0 Å². The van der Waals surface area contributed by atoms with Crippen LogP contribution in [0.1, 0.15) is 11.7 Å².